The number of nitrogens with one attached hydrogen (secondary N) is 1. The maximum Gasteiger partial charge on any atom is 0.311 e. The first-order valence-corrected chi connectivity index (χ1v) is 7.30. The van der Waals surface area contributed by atoms with E-state index in [4.69, 9.17) is 4.74 Å². The number of anilines is 1. The van der Waals surface area contributed by atoms with Crippen molar-refractivity contribution in [1.82, 2.24) is 4.98 Å². The third-order valence-electron chi connectivity index (χ3n) is 2.26. The van der Waals surface area contributed by atoms with E-state index < -0.39 is 0 Å². The van der Waals surface area contributed by atoms with Crippen molar-refractivity contribution in [1.29, 1.82) is 0 Å². The van der Waals surface area contributed by atoms with Gasteiger partial charge in [0.2, 0.25) is 0 Å². The van der Waals surface area contributed by atoms with Crippen molar-refractivity contribution < 1.29 is 9.53 Å². The van der Waals surface area contributed by atoms with Crippen molar-refractivity contribution in [3.05, 3.63) is 22.4 Å². The van der Waals surface area contributed by atoms with Crippen LogP contribution >= 0.6 is 22.7 Å². The number of rotatable bonds is 5. The van der Waals surface area contributed by atoms with Gasteiger partial charge in [0.05, 0.1) is 23.6 Å². The van der Waals surface area contributed by atoms with Gasteiger partial charge in [0.1, 0.15) is 0 Å². The Bertz CT molecular complexity index is 534. The predicted molar refractivity (Wildman–Crippen MR) is 75.3 cm³/mol. The second-order valence-corrected chi connectivity index (χ2v) is 5.56. The summed E-state index contributed by atoms with van der Waals surface area (Å²) in [5.41, 5.74) is 0.949. The lowest BCUT2D eigenvalue weighted by atomic mass is 10.3. The van der Waals surface area contributed by atoms with E-state index in [2.05, 4.69) is 10.3 Å². The molecule has 4 nitrogen and oxygen atoms in total. The van der Waals surface area contributed by atoms with Crippen LogP contribution in [0.4, 0.5) is 5.13 Å². The van der Waals surface area contributed by atoms with Crippen LogP contribution < -0.4 is 5.32 Å². The number of hydrogen-bond acceptors (Lipinski definition) is 6. The molecule has 1 N–H and O–H groups in total. The normalized spacial score (nSPS) is 10.3. The monoisotopic (exact) mass is 282 g/mol. The molecule has 18 heavy (non-hydrogen) atoms. The molecule has 0 fully saturated rings. The molecule has 0 radical (unpaired) electrons. The summed E-state index contributed by atoms with van der Waals surface area (Å²) in [5, 5.41) is 5.91. The van der Waals surface area contributed by atoms with E-state index >= 15 is 0 Å². The highest BCUT2D eigenvalue weighted by molar-refractivity contribution is 7.17. The quantitative estimate of drug-likeness (QED) is 0.856. The van der Waals surface area contributed by atoms with Gasteiger partial charge in [0.15, 0.2) is 5.13 Å². The summed E-state index contributed by atoms with van der Waals surface area (Å²) in [6, 6.07) is 3.95. The highest BCUT2D eigenvalue weighted by Crippen LogP contribution is 2.30. The maximum absolute atomic E-state index is 11.4. The van der Waals surface area contributed by atoms with Crippen LogP contribution in [0.1, 0.15) is 11.8 Å². The van der Waals surface area contributed by atoms with Crippen molar-refractivity contribution in [2.24, 2.45) is 0 Å². The largest absolute Gasteiger partial charge is 0.466 e. The van der Waals surface area contributed by atoms with Gasteiger partial charge >= 0.3 is 5.97 Å². The van der Waals surface area contributed by atoms with Crippen LogP contribution in [-0.4, -0.2) is 24.6 Å². The molecule has 0 saturated heterocycles. The van der Waals surface area contributed by atoms with E-state index in [0.29, 0.717) is 13.0 Å². The van der Waals surface area contributed by atoms with Gasteiger partial charge in [-0.15, -0.1) is 22.7 Å². The van der Waals surface area contributed by atoms with Crippen LogP contribution in [0.15, 0.2) is 17.5 Å². The molecule has 0 unspecified atom stereocenters. The first-order valence-electron chi connectivity index (χ1n) is 5.61. The third kappa shape index (κ3) is 3.08. The van der Waals surface area contributed by atoms with E-state index in [1.54, 1.807) is 22.7 Å². The second kappa shape index (κ2) is 5.97. The lowest BCUT2D eigenvalue weighted by Gasteiger charge is -1.98. The van der Waals surface area contributed by atoms with E-state index in [-0.39, 0.29) is 5.97 Å². The van der Waals surface area contributed by atoms with Crippen LogP contribution in [0.5, 0.6) is 0 Å². The van der Waals surface area contributed by atoms with Crippen molar-refractivity contribution in [2.45, 2.75) is 13.3 Å². The summed E-state index contributed by atoms with van der Waals surface area (Å²) in [6.07, 6.45) is 0.335. The van der Waals surface area contributed by atoms with Crippen LogP contribution in [0, 0.1) is 0 Å². The summed E-state index contributed by atoms with van der Waals surface area (Å²) in [7, 11) is 1.85. The molecule has 0 saturated carbocycles. The van der Waals surface area contributed by atoms with Crippen molar-refractivity contribution >= 4 is 33.8 Å². The average molecular weight is 282 g/mol. The van der Waals surface area contributed by atoms with Gasteiger partial charge in [-0.3, -0.25) is 4.79 Å². The predicted octanol–water partition coefficient (Wildman–Crippen LogP) is 3.02. The number of hydrogen-bond donors (Lipinski definition) is 1. The molecular weight excluding hydrogens is 268 g/mol. The van der Waals surface area contributed by atoms with Crippen LogP contribution in [0.2, 0.25) is 0 Å². The zero-order valence-electron chi connectivity index (χ0n) is 10.2. The summed E-state index contributed by atoms with van der Waals surface area (Å²) in [4.78, 5) is 17.9. The minimum atomic E-state index is -0.180. The fourth-order valence-electron chi connectivity index (χ4n) is 1.47. The lowest BCUT2D eigenvalue weighted by molar-refractivity contribution is -0.142. The summed E-state index contributed by atoms with van der Waals surface area (Å²) < 4.78 is 4.93. The second-order valence-electron chi connectivity index (χ2n) is 3.54. The summed E-state index contributed by atoms with van der Waals surface area (Å²) in [6.45, 7) is 2.24. The molecule has 0 amide bonds. The molecule has 2 rings (SSSR count). The van der Waals surface area contributed by atoms with E-state index in [9.17, 15) is 4.79 Å². The summed E-state index contributed by atoms with van der Waals surface area (Å²) in [5.74, 6) is -0.180. The molecule has 96 valence electrons. The van der Waals surface area contributed by atoms with Gasteiger partial charge in [-0.25, -0.2) is 4.98 Å². The number of carbonyl (C=O) groups is 1. The number of esters is 1. The minimum Gasteiger partial charge on any atom is -0.466 e. The standard InChI is InChI=1S/C12H14N2O2S2/c1-3-16-11(15)6-8-4-5-10(18-8)9-7-17-12(13-2)14-9/h4-5,7H,3,6H2,1-2H3,(H,13,14). The van der Waals surface area contributed by atoms with Crippen LogP contribution in [0.25, 0.3) is 10.6 Å². The molecular formula is C12H14N2O2S2. The van der Waals surface area contributed by atoms with Gasteiger partial charge in [-0.2, -0.15) is 0 Å². The first kappa shape index (κ1) is 13.0. The SMILES string of the molecule is CCOC(=O)Cc1ccc(-c2csc(NC)n2)s1. The fraction of sp³-hybridized carbons (Fsp3) is 0.333. The molecule has 2 aromatic rings. The maximum atomic E-state index is 11.4. The Morgan fingerprint density at radius 1 is 1.50 bits per heavy atom. The Hall–Kier alpha value is -1.40. The van der Waals surface area contributed by atoms with E-state index in [0.717, 1.165) is 20.6 Å². The molecule has 2 heterocycles. The number of thiazole rings is 1. The third-order valence-corrected chi connectivity index (χ3v) is 4.22. The number of aromatic nitrogens is 1. The topological polar surface area (TPSA) is 51.2 Å². The number of ether oxygens (including phenoxy) is 1. The van der Waals surface area contributed by atoms with Crippen LogP contribution in [-0.2, 0) is 16.0 Å². The van der Waals surface area contributed by atoms with Gasteiger partial charge in [-0.05, 0) is 19.1 Å². The Morgan fingerprint density at radius 2 is 2.33 bits per heavy atom. The van der Waals surface area contributed by atoms with E-state index in [1.165, 1.54) is 0 Å². The number of thiophene rings is 1. The Morgan fingerprint density at radius 3 is 3.00 bits per heavy atom. The van der Waals surface area contributed by atoms with Gasteiger partial charge in [-0.1, -0.05) is 0 Å². The lowest BCUT2D eigenvalue weighted by Crippen LogP contribution is -2.05. The Balaban J connectivity index is 2.07. The molecule has 2 aromatic heterocycles. The molecule has 0 aliphatic carbocycles. The summed E-state index contributed by atoms with van der Waals surface area (Å²) >= 11 is 3.15. The Kier molecular flexibility index (Phi) is 4.33. The van der Waals surface area contributed by atoms with Crippen molar-refractivity contribution in [3.8, 4) is 10.6 Å². The molecule has 0 aromatic carbocycles. The average Bonchev–Trinajstić information content (AvgIpc) is 2.96. The van der Waals surface area contributed by atoms with E-state index in [1.807, 2.05) is 31.5 Å². The highest BCUT2D eigenvalue weighted by atomic mass is 32.1. The molecule has 6 heteroatoms. The Labute approximate surface area is 114 Å². The molecule has 0 aliphatic rings. The number of carbonyl (C=O) groups excluding carboxylic acids is 1. The fourth-order valence-corrected chi connectivity index (χ4v) is 3.17. The van der Waals surface area contributed by atoms with Gasteiger partial charge in [0.25, 0.3) is 0 Å². The number of nitrogens with zero attached hydrogens (tertiary/aromatic N) is 1. The van der Waals surface area contributed by atoms with Crippen molar-refractivity contribution in [2.75, 3.05) is 19.0 Å². The smallest absolute Gasteiger partial charge is 0.311 e. The highest BCUT2D eigenvalue weighted by Gasteiger charge is 2.10. The molecule has 0 spiro atoms. The minimum absolute atomic E-state index is 0.180. The molecule has 0 atom stereocenters. The molecule has 0 aliphatic heterocycles. The zero-order valence-corrected chi connectivity index (χ0v) is 11.9. The zero-order chi connectivity index (χ0) is 13.0. The van der Waals surface area contributed by atoms with Gasteiger partial charge < -0.3 is 10.1 Å². The molecule has 0 bridgehead atoms. The van der Waals surface area contributed by atoms with Crippen molar-refractivity contribution in [3.63, 3.8) is 0 Å². The van der Waals surface area contributed by atoms with Gasteiger partial charge in [0, 0.05) is 17.3 Å². The van der Waals surface area contributed by atoms with Crippen LogP contribution in [0.3, 0.4) is 0 Å². The first-order chi connectivity index (χ1) is 8.72.